The lowest BCUT2D eigenvalue weighted by Crippen LogP contribution is -2.48. The topological polar surface area (TPSA) is 39.3 Å². The number of hydrazine groups is 3. The summed E-state index contributed by atoms with van der Waals surface area (Å²) in [6.45, 7) is 0. The summed E-state index contributed by atoms with van der Waals surface area (Å²) in [6.07, 6.45) is 0. The molecule has 0 saturated heterocycles. The van der Waals surface area contributed by atoms with Crippen LogP contribution in [0.15, 0.2) is 30.3 Å². The molecule has 3 N–H and O–H groups in total. The van der Waals surface area contributed by atoms with Gasteiger partial charge in [-0.2, -0.15) is 0 Å². The van der Waals surface area contributed by atoms with Crippen molar-refractivity contribution in [1.82, 2.24) is 16.1 Å². The van der Waals surface area contributed by atoms with E-state index in [1.807, 2.05) is 44.4 Å². The third-order valence-electron chi connectivity index (χ3n) is 1.46. The van der Waals surface area contributed by atoms with Crippen molar-refractivity contribution < 1.29 is 0 Å². The lowest BCUT2D eigenvalue weighted by atomic mass is 10.3. The van der Waals surface area contributed by atoms with Gasteiger partial charge in [-0.1, -0.05) is 23.4 Å². The van der Waals surface area contributed by atoms with Crippen LogP contribution in [0.25, 0.3) is 0 Å². The van der Waals surface area contributed by atoms with E-state index >= 15 is 0 Å². The van der Waals surface area contributed by atoms with Crippen LogP contribution in [0.1, 0.15) is 0 Å². The van der Waals surface area contributed by atoms with E-state index in [1.165, 1.54) is 0 Å². The molecule has 0 spiro atoms. The van der Waals surface area contributed by atoms with Gasteiger partial charge >= 0.3 is 0 Å². The number of nitrogens with zero attached hydrogens (tertiary/aromatic N) is 1. The molecule has 0 radical (unpaired) electrons. The van der Waals surface area contributed by atoms with Gasteiger partial charge < -0.3 is 0 Å². The first-order valence-electron chi connectivity index (χ1n) is 3.83. The Bertz CT molecular complexity index is 208. The van der Waals surface area contributed by atoms with Crippen molar-refractivity contribution in [1.29, 1.82) is 0 Å². The predicted octanol–water partition coefficient (Wildman–Crippen LogP) is 0.584. The number of anilines is 1. The van der Waals surface area contributed by atoms with Crippen LogP contribution in [0.2, 0.25) is 0 Å². The zero-order chi connectivity index (χ0) is 8.81. The molecule has 0 atom stereocenters. The standard InChI is InChI=1S/C8H14N4/c1-9-12(10-2)11-8-6-4-3-5-7-8/h3-7,9-11H,1-2H3. The summed E-state index contributed by atoms with van der Waals surface area (Å²) in [5.41, 5.74) is 9.94. The second-order valence-electron chi connectivity index (χ2n) is 2.26. The average molecular weight is 166 g/mol. The first kappa shape index (κ1) is 8.99. The Morgan fingerprint density at radius 1 is 1.00 bits per heavy atom. The monoisotopic (exact) mass is 166 g/mol. The van der Waals surface area contributed by atoms with Gasteiger partial charge in [-0.15, -0.1) is 0 Å². The van der Waals surface area contributed by atoms with Crippen molar-refractivity contribution in [2.75, 3.05) is 19.5 Å². The van der Waals surface area contributed by atoms with Gasteiger partial charge in [0.2, 0.25) is 0 Å². The molecule has 1 aromatic carbocycles. The van der Waals surface area contributed by atoms with Gasteiger partial charge in [0.15, 0.2) is 0 Å². The van der Waals surface area contributed by atoms with Crippen molar-refractivity contribution in [3.8, 4) is 0 Å². The molecule has 4 nitrogen and oxygen atoms in total. The van der Waals surface area contributed by atoms with Gasteiger partial charge in [0.1, 0.15) is 0 Å². The highest BCUT2D eigenvalue weighted by Gasteiger charge is 1.95. The smallest absolute Gasteiger partial charge is 0.0517 e. The van der Waals surface area contributed by atoms with E-state index in [0.717, 1.165) is 5.69 Å². The second-order valence-corrected chi connectivity index (χ2v) is 2.26. The summed E-state index contributed by atoms with van der Waals surface area (Å²) >= 11 is 0. The summed E-state index contributed by atoms with van der Waals surface area (Å²) in [7, 11) is 3.65. The lowest BCUT2D eigenvalue weighted by Gasteiger charge is -2.20. The first-order chi connectivity index (χ1) is 5.86. The number of hydrogen-bond acceptors (Lipinski definition) is 4. The fourth-order valence-corrected chi connectivity index (χ4v) is 0.865. The van der Waals surface area contributed by atoms with Gasteiger partial charge in [0.25, 0.3) is 0 Å². The van der Waals surface area contributed by atoms with Crippen LogP contribution < -0.4 is 16.3 Å². The van der Waals surface area contributed by atoms with Crippen LogP contribution >= 0.6 is 0 Å². The number of nitrogens with one attached hydrogen (secondary N) is 3. The van der Waals surface area contributed by atoms with E-state index in [9.17, 15) is 0 Å². The zero-order valence-electron chi connectivity index (χ0n) is 7.33. The second kappa shape index (κ2) is 4.71. The maximum atomic E-state index is 3.09. The van der Waals surface area contributed by atoms with Crippen molar-refractivity contribution in [2.45, 2.75) is 0 Å². The maximum absolute atomic E-state index is 3.09. The fourth-order valence-electron chi connectivity index (χ4n) is 0.865. The van der Waals surface area contributed by atoms with Crippen LogP contribution in [0.5, 0.6) is 0 Å². The van der Waals surface area contributed by atoms with E-state index in [1.54, 1.807) is 5.23 Å². The van der Waals surface area contributed by atoms with Crippen LogP contribution in [-0.4, -0.2) is 19.3 Å². The molecular weight excluding hydrogens is 152 g/mol. The molecule has 0 fully saturated rings. The van der Waals surface area contributed by atoms with Gasteiger partial charge in [-0.25, -0.2) is 10.9 Å². The minimum absolute atomic E-state index is 1.03. The lowest BCUT2D eigenvalue weighted by molar-refractivity contribution is 0.189. The van der Waals surface area contributed by atoms with Crippen LogP contribution in [0, 0.1) is 0 Å². The zero-order valence-corrected chi connectivity index (χ0v) is 7.33. The summed E-state index contributed by atoms with van der Waals surface area (Å²) in [6, 6.07) is 9.91. The Morgan fingerprint density at radius 3 is 2.08 bits per heavy atom. The van der Waals surface area contributed by atoms with Gasteiger partial charge in [-0.3, -0.25) is 5.43 Å². The molecule has 0 aliphatic carbocycles. The highest BCUT2D eigenvalue weighted by Crippen LogP contribution is 2.03. The van der Waals surface area contributed by atoms with Gasteiger partial charge in [0, 0.05) is 14.1 Å². The average Bonchev–Trinajstić information content (AvgIpc) is 2.16. The molecular formula is C8H14N4. The van der Waals surface area contributed by atoms with Crippen molar-refractivity contribution in [3.05, 3.63) is 30.3 Å². The third kappa shape index (κ3) is 2.50. The van der Waals surface area contributed by atoms with E-state index < -0.39 is 0 Å². The predicted molar refractivity (Wildman–Crippen MR) is 50.0 cm³/mol. The number of para-hydroxylation sites is 1. The molecule has 0 amide bonds. The Morgan fingerprint density at radius 2 is 1.58 bits per heavy atom. The molecule has 0 unspecified atom stereocenters. The molecule has 0 aromatic heterocycles. The Balaban J connectivity index is 2.51. The molecule has 0 aliphatic heterocycles. The highest BCUT2D eigenvalue weighted by atomic mass is 15.9. The molecule has 66 valence electrons. The first-order valence-corrected chi connectivity index (χ1v) is 3.83. The number of rotatable bonds is 4. The van der Waals surface area contributed by atoms with Crippen molar-refractivity contribution in [3.63, 3.8) is 0 Å². The van der Waals surface area contributed by atoms with Crippen LogP contribution in [-0.2, 0) is 0 Å². The minimum atomic E-state index is 1.03. The molecule has 12 heavy (non-hydrogen) atoms. The van der Waals surface area contributed by atoms with E-state index in [0.29, 0.717) is 0 Å². The highest BCUT2D eigenvalue weighted by molar-refractivity contribution is 5.40. The van der Waals surface area contributed by atoms with Crippen LogP contribution in [0.4, 0.5) is 5.69 Å². The van der Waals surface area contributed by atoms with Gasteiger partial charge in [-0.05, 0) is 12.1 Å². The molecule has 4 heteroatoms. The minimum Gasteiger partial charge on any atom is -0.292 e. The van der Waals surface area contributed by atoms with Gasteiger partial charge in [0.05, 0.1) is 5.69 Å². The molecule has 0 bridgehead atoms. The van der Waals surface area contributed by atoms with Crippen LogP contribution in [0.3, 0.4) is 0 Å². The summed E-state index contributed by atoms with van der Waals surface area (Å²) < 4.78 is 0. The molecule has 0 saturated carbocycles. The van der Waals surface area contributed by atoms with E-state index in [4.69, 9.17) is 0 Å². The normalized spacial score (nSPS) is 10.2. The Hall–Kier alpha value is -1.10. The quantitative estimate of drug-likeness (QED) is 0.572. The maximum Gasteiger partial charge on any atom is 0.0517 e. The summed E-state index contributed by atoms with van der Waals surface area (Å²) in [4.78, 5) is 0. The van der Waals surface area contributed by atoms with Crippen molar-refractivity contribution >= 4 is 5.69 Å². The molecule has 1 aromatic rings. The number of hydrogen-bond donors (Lipinski definition) is 3. The largest absolute Gasteiger partial charge is 0.292 e. The summed E-state index contributed by atoms with van der Waals surface area (Å²) in [5.74, 6) is 0. The Kier molecular flexibility index (Phi) is 3.53. The molecule has 0 aliphatic rings. The SMILES string of the molecule is CNN(NC)Nc1ccccc1. The third-order valence-corrected chi connectivity index (χ3v) is 1.46. The van der Waals surface area contributed by atoms with E-state index in [2.05, 4.69) is 16.3 Å². The van der Waals surface area contributed by atoms with E-state index in [-0.39, 0.29) is 0 Å². The molecule has 1 rings (SSSR count). The van der Waals surface area contributed by atoms with Crippen molar-refractivity contribution in [2.24, 2.45) is 0 Å². The number of benzene rings is 1. The molecule has 0 heterocycles. The Labute approximate surface area is 72.5 Å². The fraction of sp³-hybridized carbons (Fsp3) is 0.250. The summed E-state index contributed by atoms with van der Waals surface area (Å²) in [5, 5.41) is 1.66.